The lowest BCUT2D eigenvalue weighted by Crippen LogP contribution is -2.39. The van der Waals surface area contributed by atoms with Crippen molar-refractivity contribution in [2.75, 3.05) is 40.1 Å². The fraction of sp³-hybridized carbons (Fsp3) is 1.00. The SMILES string of the molecule is CN[SiH](CC(C)C)OCC(OCCO)OCCO. The molecule has 3 N–H and O–H groups in total. The first-order valence-corrected chi connectivity index (χ1v) is 8.24. The summed E-state index contributed by atoms with van der Waals surface area (Å²) in [5.74, 6) is 0.587. The number of aliphatic hydroxyl groups excluding tert-OH is 2. The molecule has 0 aromatic carbocycles. The highest BCUT2D eigenvalue weighted by Crippen LogP contribution is 2.06. The summed E-state index contributed by atoms with van der Waals surface area (Å²) in [6, 6.07) is 1.03. The molecule has 0 aliphatic rings. The van der Waals surface area contributed by atoms with Crippen molar-refractivity contribution < 1.29 is 24.1 Å². The summed E-state index contributed by atoms with van der Waals surface area (Å²) < 4.78 is 16.3. The van der Waals surface area contributed by atoms with Crippen molar-refractivity contribution in [3.05, 3.63) is 0 Å². The van der Waals surface area contributed by atoms with E-state index in [0.717, 1.165) is 6.04 Å². The van der Waals surface area contributed by atoms with Gasteiger partial charge in [0.05, 0.1) is 33.0 Å². The van der Waals surface area contributed by atoms with E-state index in [9.17, 15) is 0 Å². The van der Waals surface area contributed by atoms with Crippen molar-refractivity contribution in [3.63, 3.8) is 0 Å². The van der Waals surface area contributed by atoms with Gasteiger partial charge >= 0.3 is 0 Å². The molecule has 0 aliphatic carbocycles. The van der Waals surface area contributed by atoms with E-state index in [2.05, 4.69) is 18.8 Å². The van der Waals surface area contributed by atoms with E-state index < -0.39 is 15.5 Å². The van der Waals surface area contributed by atoms with Crippen LogP contribution in [0.1, 0.15) is 13.8 Å². The molecule has 0 spiro atoms. The number of nitrogens with one attached hydrogen (secondary N) is 1. The lowest BCUT2D eigenvalue weighted by Gasteiger charge is -2.22. The first-order valence-electron chi connectivity index (χ1n) is 6.37. The smallest absolute Gasteiger partial charge is 0.252 e. The maximum Gasteiger partial charge on any atom is 0.252 e. The Morgan fingerprint density at radius 3 is 2.06 bits per heavy atom. The van der Waals surface area contributed by atoms with Crippen molar-refractivity contribution in [2.45, 2.75) is 26.2 Å². The highest BCUT2D eigenvalue weighted by atomic mass is 28.3. The first-order chi connectivity index (χ1) is 8.63. The van der Waals surface area contributed by atoms with Crippen molar-refractivity contribution >= 4 is 9.20 Å². The van der Waals surface area contributed by atoms with Gasteiger partial charge in [0.2, 0.25) is 0 Å². The van der Waals surface area contributed by atoms with Gasteiger partial charge in [-0.15, -0.1) is 0 Å². The molecule has 18 heavy (non-hydrogen) atoms. The van der Waals surface area contributed by atoms with E-state index in [0.29, 0.717) is 12.5 Å². The third-order valence-electron chi connectivity index (χ3n) is 2.23. The molecule has 6 nitrogen and oxygen atoms in total. The molecule has 0 bridgehead atoms. The molecular formula is C11H27NO5Si. The second-order valence-corrected chi connectivity index (χ2v) is 6.72. The summed E-state index contributed by atoms with van der Waals surface area (Å²) in [6.07, 6.45) is -0.528. The maximum absolute atomic E-state index is 8.71. The molecule has 0 amide bonds. The van der Waals surface area contributed by atoms with Gasteiger partial charge in [-0.1, -0.05) is 13.8 Å². The lowest BCUT2D eigenvalue weighted by atomic mass is 10.3. The number of hydrogen-bond acceptors (Lipinski definition) is 6. The fourth-order valence-corrected chi connectivity index (χ4v) is 3.19. The molecule has 0 aromatic heterocycles. The molecule has 0 saturated carbocycles. The van der Waals surface area contributed by atoms with Gasteiger partial charge in [-0.3, -0.25) is 0 Å². The van der Waals surface area contributed by atoms with Crippen LogP contribution in [-0.4, -0.2) is 65.8 Å². The van der Waals surface area contributed by atoms with Crippen molar-refractivity contribution in [1.82, 2.24) is 4.98 Å². The summed E-state index contributed by atoms with van der Waals surface area (Å²) in [4.78, 5) is 3.21. The van der Waals surface area contributed by atoms with Crippen molar-refractivity contribution in [2.24, 2.45) is 5.92 Å². The van der Waals surface area contributed by atoms with E-state index in [1.807, 2.05) is 7.05 Å². The molecule has 1 atom stereocenters. The second kappa shape index (κ2) is 12.0. The van der Waals surface area contributed by atoms with Gasteiger partial charge in [0.15, 0.2) is 6.29 Å². The van der Waals surface area contributed by atoms with Crippen LogP contribution in [0.2, 0.25) is 6.04 Å². The molecule has 0 fully saturated rings. The molecule has 0 heterocycles. The minimum atomic E-state index is -1.43. The monoisotopic (exact) mass is 281 g/mol. The Kier molecular flexibility index (Phi) is 12.0. The van der Waals surface area contributed by atoms with Crippen LogP contribution < -0.4 is 4.98 Å². The average Bonchev–Trinajstić information content (AvgIpc) is 2.35. The number of aliphatic hydroxyl groups is 2. The van der Waals surface area contributed by atoms with Gasteiger partial charge in [0.25, 0.3) is 9.20 Å². The van der Waals surface area contributed by atoms with Crippen LogP contribution in [-0.2, 0) is 13.9 Å². The topological polar surface area (TPSA) is 80.2 Å². The van der Waals surface area contributed by atoms with Crippen molar-refractivity contribution in [1.29, 1.82) is 0 Å². The minimum Gasteiger partial charge on any atom is -0.400 e. The first kappa shape index (κ1) is 18.0. The van der Waals surface area contributed by atoms with Gasteiger partial charge in [-0.2, -0.15) is 0 Å². The molecule has 1 unspecified atom stereocenters. The highest BCUT2D eigenvalue weighted by Gasteiger charge is 2.16. The predicted octanol–water partition coefficient (Wildman–Crippen LogP) is -0.557. The lowest BCUT2D eigenvalue weighted by molar-refractivity contribution is -0.167. The normalized spacial score (nSPS) is 13.5. The van der Waals surface area contributed by atoms with E-state index in [1.54, 1.807) is 0 Å². The zero-order valence-corrected chi connectivity index (χ0v) is 12.7. The molecule has 0 aromatic rings. The Labute approximate surface area is 111 Å². The molecule has 0 saturated heterocycles. The number of rotatable bonds is 12. The zero-order chi connectivity index (χ0) is 13.8. The van der Waals surface area contributed by atoms with Gasteiger partial charge < -0.3 is 29.1 Å². The average molecular weight is 281 g/mol. The van der Waals surface area contributed by atoms with Crippen LogP contribution in [0.5, 0.6) is 0 Å². The van der Waals surface area contributed by atoms with Gasteiger partial charge in [-0.05, 0) is 19.0 Å². The third-order valence-corrected chi connectivity index (χ3v) is 4.84. The van der Waals surface area contributed by atoms with Gasteiger partial charge in [0, 0.05) is 0 Å². The fourth-order valence-electron chi connectivity index (χ4n) is 1.40. The summed E-state index contributed by atoms with van der Waals surface area (Å²) in [5.41, 5.74) is 0. The molecule has 0 radical (unpaired) electrons. The summed E-state index contributed by atoms with van der Waals surface area (Å²) in [5, 5.41) is 17.4. The van der Waals surface area contributed by atoms with Gasteiger partial charge in [-0.25, -0.2) is 0 Å². The Morgan fingerprint density at radius 2 is 1.67 bits per heavy atom. The van der Waals surface area contributed by atoms with Crippen LogP contribution in [0.3, 0.4) is 0 Å². The standard InChI is InChI=1S/C11H27NO5Si/c1-10(2)9-18(12-3)17-8-11(15-6-4-13)16-7-5-14/h10-14,18H,4-9H2,1-3H3. The summed E-state index contributed by atoms with van der Waals surface area (Å²) >= 11 is 0. The number of hydrogen-bond donors (Lipinski definition) is 3. The summed E-state index contributed by atoms with van der Waals surface area (Å²) in [6.45, 7) is 4.93. The molecule has 0 rings (SSSR count). The largest absolute Gasteiger partial charge is 0.400 e. The highest BCUT2D eigenvalue weighted by molar-refractivity contribution is 6.48. The van der Waals surface area contributed by atoms with Crippen LogP contribution in [0, 0.1) is 5.92 Å². The van der Waals surface area contributed by atoms with Crippen molar-refractivity contribution in [3.8, 4) is 0 Å². The predicted molar refractivity (Wildman–Crippen MR) is 71.7 cm³/mol. The van der Waals surface area contributed by atoms with E-state index in [1.165, 1.54) is 0 Å². The quantitative estimate of drug-likeness (QED) is 0.329. The maximum atomic E-state index is 8.71. The molecule has 7 heteroatoms. The Bertz CT molecular complexity index is 177. The van der Waals surface area contributed by atoms with E-state index >= 15 is 0 Å². The number of ether oxygens (including phenoxy) is 2. The molecule has 0 aliphatic heterocycles. The summed E-state index contributed by atoms with van der Waals surface area (Å²) in [7, 11) is 0.470. The molecular weight excluding hydrogens is 254 g/mol. The van der Waals surface area contributed by atoms with E-state index in [4.69, 9.17) is 24.1 Å². The second-order valence-electron chi connectivity index (χ2n) is 4.36. The Balaban J connectivity index is 3.96. The Hall–Kier alpha value is -0.0231. The van der Waals surface area contributed by atoms with Gasteiger partial charge in [0.1, 0.15) is 0 Å². The molecule has 110 valence electrons. The van der Waals surface area contributed by atoms with Crippen LogP contribution >= 0.6 is 0 Å². The van der Waals surface area contributed by atoms with Crippen LogP contribution in [0.15, 0.2) is 0 Å². The third kappa shape index (κ3) is 9.95. The van der Waals surface area contributed by atoms with E-state index in [-0.39, 0.29) is 26.4 Å². The van der Waals surface area contributed by atoms with Crippen LogP contribution in [0.25, 0.3) is 0 Å². The van der Waals surface area contributed by atoms with Crippen LogP contribution in [0.4, 0.5) is 0 Å². The zero-order valence-electron chi connectivity index (χ0n) is 11.6. The Morgan fingerprint density at radius 1 is 1.11 bits per heavy atom. The minimum absolute atomic E-state index is 0.0577.